The van der Waals surface area contributed by atoms with Crippen molar-refractivity contribution in [3.63, 3.8) is 0 Å². The number of nitrogens with zero attached hydrogens (tertiary/aromatic N) is 4. The van der Waals surface area contributed by atoms with Gasteiger partial charge >= 0.3 is 0 Å². The summed E-state index contributed by atoms with van der Waals surface area (Å²) < 4.78 is 14.0. The Morgan fingerprint density at radius 2 is 1.88 bits per heavy atom. The van der Waals surface area contributed by atoms with Crippen LogP contribution in [0.1, 0.15) is 57.2 Å². The lowest BCUT2D eigenvalue weighted by Crippen LogP contribution is -2.32. The average molecular weight is 462 g/mol. The number of likely N-dealkylation sites (tertiary alicyclic amines) is 1. The molecule has 1 aliphatic rings. The zero-order chi connectivity index (χ0) is 23.9. The summed E-state index contributed by atoms with van der Waals surface area (Å²) in [6, 6.07) is 13.7. The maximum absolute atomic E-state index is 14.0. The van der Waals surface area contributed by atoms with Gasteiger partial charge in [-0.15, -0.1) is 0 Å². The van der Waals surface area contributed by atoms with Gasteiger partial charge in [0.05, 0.1) is 0 Å². The minimum atomic E-state index is -0.272. The Morgan fingerprint density at radius 3 is 2.71 bits per heavy atom. The van der Waals surface area contributed by atoms with Crippen LogP contribution in [0.25, 0.3) is 0 Å². The van der Waals surface area contributed by atoms with Gasteiger partial charge in [0.15, 0.2) is 0 Å². The van der Waals surface area contributed by atoms with Gasteiger partial charge in [-0.3, -0.25) is 9.59 Å². The molecule has 7 nitrogen and oxygen atoms in total. The van der Waals surface area contributed by atoms with Gasteiger partial charge < -0.3 is 10.2 Å². The molecule has 0 spiro atoms. The van der Waals surface area contributed by atoms with Crippen molar-refractivity contribution >= 4 is 11.8 Å². The van der Waals surface area contributed by atoms with E-state index < -0.39 is 0 Å². The number of rotatable bonds is 6. The van der Waals surface area contributed by atoms with E-state index in [9.17, 15) is 14.0 Å². The third-order valence-electron chi connectivity index (χ3n) is 6.17. The number of halogens is 1. The minimum Gasteiger partial charge on any atom is -0.354 e. The van der Waals surface area contributed by atoms with Gasteiger partial charge in [-0.2, -0.15) is 0 Å². The number of benzene rings is 1. The van der Waals surface area contributed by atoms with E-state index in [-0.39, 0.29) is 17.6 Å². The van der Waals surface area contributed by atoms with E-state index in [1.165, 1.54) is 12.4 Å². The van der Waals surface area contributed by atoms with Crippen LogP contribution in [-0.2, 0) is 12.8 Å². The summed E-state index contributed by atoms with van der Waals surface area (Å²) in [4.78, 5) is 39.7. The van der Waals surface area contributed by atoms with Crippen LogP contribution in [-0.4, -0.2) is 51.8 Å². The summed E-state index contributed by atoms with van der Waals surface area (Å²) in [6.45, 7) is 1.30. The van der Waals surface area contributed by atoms with Crippen LogP contribution in [0, 0.1) is 11.7 Å². The topological polar surface area (TPSA) is 88.1 Å². The molecule has 0 radical (unpaired) electrons. The maximum atomic E-state index is 14.0. The lowest BCUT2D eigenvalue weighted by molar-refractivity contribution is 0.0753. The van der Waals surface area contributed by atoms with Crippen molar-refractivity contribution in [1.82, 2.24) is 25.2 Å². The molecular weight excluding hydrogens is 433 g/mol. The molecular formula is C26H28FN5O2. The van der Waals surface area contributed by atoms with Gasteiger partial charge in [0.25, 0.3) is 11.8 Å². The van der Waals surface area contributed by atoms with E-state index >= 15 is 0 Å². The Hall–Kier alpha value is -3.68. The first-order valence-corrected chi connectivity index (χ1v) is 11.5. The highest BCUT2D eigenvalue weighted by molar-refractivity contribution is 5.92. The zero-order valence-corrected chi connectivity index (χ0v) is 19.2. The van der Waals surface area contributed by atoms with Crippen LogP contribution in [0.4, 0.5) is 4.39 Å². The van der Waals surface area contributed by atoms with Gasteiger partial charge in [0.2, 0.25) is 0 Å². The van der Waals surface area contributed by atoms with Crippen molar-refractivity contribution in [2.24, 2.45) is 5.92 Å². The Morgan fingerprint density at radius 1 is 1.03 bits per heavy atom. The molecule has 2 aromatic heterocycles. The first kappa shape index (κ1) is 23.5. The smallest absolute Gasteiger partial charge is 0.272 e. The number of hydrogen-bond acceptors (Lipinski definition) is 5. The van der Waals surface area contributed by atoms with Crippen LogP contribution in [0.2, 0.25) is 0 Å². The van der Waals surface area contributed by atoms with Crippen molar-refractivity contribution in [3.8, 4) is 0 Å². The molecule has 1 saturated heterocycles. The van der Waals surface area contributed by atoms with E-state index in [1.54, 1.807) is 43.4 Å². The molecule has 1 atom stereocenters. The standard InChI is InChI=1S/C26H28FN5O2/c1-28-25(33)24-16-21(29-17-30-24)14-18-6-5-12-32(13-11-18)26(34)23-10-4-8-20(31-23)15-19-7-2-3-9-22(19)27/h2-4,7-10,16-18H,5-6,11-15H2,1H3,(H,28,33)/t18-/m0/s1. The molecule has 0 unspecified atom stereocenters. The third kappa shape index (κ3) is 5.81. The summed E-state index contributed by atoms with van der Waals surface area (Å²) in [6.07, 6.45) is 5.21. The highest BCUT2D eigenvalue weighted by atomic mass is 19.1. The van der Waals surface area contributed by atoms with E-state index in [4.69, 9.17) is 0 Å². The predicted molar refractivity (Wildman–Crippen MR) is 126 cm³/mol. The SMILES string of the molecule is CNC(=O)c1cc(C[C@H]2CCCN(C(=O)c3cccc(Cc4ccccc4F)n3)CC2)ncn1. The van der Waals surface area contributed by atoms with E-state index in [0.29, 0.717) is 48.1 Å². The molecule has 34 heavy (non-hydrogen) atoms. The monoisotopic (exact) mass is 461 g/mol. The molecule has 0 bridgehead atoms. The van der Waals surface area contributed by atoms with Crippen LogP contribution in [0.5, 0.6) is 0 Å². The van der Waals surface area contributed by atoms with Crippen LogP contribution >= 0.6 is 0 Å². The van der Waals surface area contributed by atoms with Crippen LogP contribution < -0.4 is 5.32 Å². The van der Waals surface area contributed by atoms with Gasteiger partial charge in [-0.1, -0.05) is 24.3 Å². The normalized spacial score (nSPS) is 16.1. The molecule has 176 valence electrons. The molecule has 2 amide bonds. The molecule has 1 fully saturated rings. The zero-order valence-electron chi connectivity index (χ0n) is 19.2. The van der Waals surface area contributed by atoms with Crippen molar-refractivity contribution in [1.29, 1.82) is 0 Å². The third-order valence-corrected chi connectivity index (χ3v) is 6.17. The second-order valence-corrected chi connectivity index (χ2v) is 8.55. The lowest BCUT2D eigenvalue weighted by Gasteiger charge is -2.20. The van der Waals surface area contributed by atoms with Crippen molar-refractivity contribution in [2.75, 3.05) is 20.1 Å². The number of nitrogens with one attached hydrogen (secondary N) is 1. The molecule has 4 rings (SSSR count). The first-order valence-electron chi connectivity index (χ1n) is 11.5. The fourth-order valence-corrected chi connectivity index (χ4v) is 4.33. The van der Waals surface area contributed by atoms with Crippen molar-refractivity contribution in [2.45, 2.75) is 32.1 Å². The molecule has 1 aromatic carbocycles. The fourth-order valence-electron chi connectivity index (χ4n) is 4.33. The molecule has 0 saturated carbocycles. The summed E-state index contributed by atoms with van der Waals surface area (Å²) >= 11 is 0. The Labute approximate surface area is 198 Å². The number of aromatic nitrogens is 3. The number of amides is 2. The number of pyridine rings is 1. The number of carbonyl (C=O) groups excluding carboxylic acids is 2. The molecule has 1 aliphatic heterocycles. The minimum absolute atomic E-state index is 0.0972. The molecule has 3 aromatic rings. The summed E-state index contributed by atoms with van der Waals surface area (Å²) in [5, 5.41) is 2.58. The maximum Gasteiger partial charge on any atom is 0.272 e. The second kappa shape index (κ2) is 11.0. The molecule has 8 heteroatoms. The summed E-state index contributed by atoms with van der Waals surface area (Å²) in [5.74, 6) is -0.234. The van der Waals surface area contributed by atoms with Crippen LogP contribution in [0.15, 0.2) is 54.9 Å². The van der Waals surface area contributed by atoms with Crippen molar-refractivity contribution in [3.05, 3.63) is 89.0 Å². The molecule has 0 aliphatic carbocycles. The van der Waals surface area contributed by atoms with E-state index in [2.05, 4.69) is 20.3 Å². The average Bonchev–Trinajstić information content (AvgIpc) is 3.10. The highest BCUT2D eigenvalue weighted by Crippen LogP contribution is 2.22. The predicted octanol–water partition coefficient (Wildman–Crippen LogP) is 3.45. The van der Waals surface area contributed by atoms with Gasteiger partial charge in [0.1, 0.15) is 23.5 Å². The largest absolute Gasteiger partial charge is 0.354 e. The van der Waals surface area contributed by atoms with Crippen molar-refractivity contribution < 1.29 is 14.0 Å². The summed E-state index contributed by atoms with van der Waals surface area (Å²) in [7, 11) is 1.57. The van der Waals surface area contributed by atoms with E-state index in [0.717, 1.165) is 31.4 Å². The second-order valence-electron chi connectivity index (χ2n) is 8.55. The van der Waals surface area contributed by atoms with Gasteiger partial charge in [-0.05, 0) is 61.4 Å². The van der Waals surface area contributed by atoms with Gasteiger partial charge in [-0.25, -0.2) is 19.3 Å². The quantitative estimate of drug-likeness (QED) is 0.608. The Balaban J connectivity index is 1.38. The molecule has 1 N–H and O–H groups in total. The highest BCUT2D eigenvalue weighted by Gasteiger charge is 2.23. The lowest BCUT2D eigenvalue weighted by atomic mass is 9.95. The number of carbonyl (C=O) groups is 2. The Kier molecular flexibility index (Phi) is 7.57. The fraction of sp³-hybridized carbons (Fsp3) is 0.346. The van der Waals surface area contributed by atoms with Gasteiger partial charge in [0, 0.05) is 37.9 Å². The molecule has 3 heterocycles. The number of hydrogen-bond donors (Lipinski definition) is 1. The Bertz CT molecular complexity index is 1170. The first-order chi connectivity index (χ1) is 16.5. The van der Waals surface area contributed by atoms with Crippen LogP contribution in [0.3, 0.4) is 0 Å². The summed E-state index contributed by atoms with van der Waals surface area (Å²) in [5.41, 5.74) is 2.80. The van der Waals surface area contributed by atoms with E-state index in [1.807, 2.05) is 11.0 Å².